The summed E-state index contributed by atoms with van der Waals surface area (Å²) in [5.74, 6) is 0.445. The molecular weight excluding hydrogens is 170 g/mol. The van der Waals surface area contributed by atoms with Crippen LogP contribution < -0.4 is 10.4 Å². The maximum absolute atomic E-state index is 4.41. The Balaban J connectivity index is 3.61. The highest BCUT2D eigenvalue weighted by molar-refractivity contribution is 5.40. The molecule has 0 aromatic carbocycles. The molecule has 1 heterocycles. The molecule has 0 aliphatic heterocycles. The molecule has 1 rings (SSSR count). The fourth-order valence-corrected chi connectivity index (χ4v) is 1.52. The van der Waals surface area contributed by atoms with E-state index < -0.39 is 0 Å². The zero-order valence-electron chi connectivity index (χ0n) is 9.12. The fourth-order valence-electron chi connectivity index (χ4n) is 1.52. The van der Waals surface area contributed by atoms with E-state index in [9.17, 15) is 0 Å². The molecule has 1 nitrogen and oxygen atoms in total. The van der Waals surface area contributed by atoms with Gasteiger partial charge in [0.05, 0.1) is 5.69 Å². The quantitative estimate of drug-likeness (QED) is 0.690. The summed E-state index contributed by atoms with van der Waals surface area (Å²) >= 11 is 0. The third kappa shape index (κ3) is 2.11. The van der Waals surface area contributed by atoms with Crippen molar-refractivity contribution in [2.45, 2.75) is 26.7 Å². The molecule has 74 valence electrons. The molecule has 1 aromatic rings. The van der Waals surface area contributed by atoms with Crippen LogP contribution in [0, 0.1) is 0 Å². The average Bonchev–Trinajstić information content (AvgIpc) is 2.18. The highest BCUT2D eigenvalue weighted by Gasteiger charge is 2.01. The van der Waals surface area contributed by atoms with Crippen LogP contribution in [0.2, 0.25) is 0 Å². The van der Waals surface area contributed by atoms with Crippen LogP contribution in [-0.2, 0) is 0 Å². The zero-order chi connectivity index (χ0) is 10.6. The van der Waals surface area contributed by atoms with E-state index in [1.807, 2.05) is 31.3 Å². The molecule has 0 amide bonds. The van der Waals surface area contributed by atoms with Gasteiger partial charge in [0.2, 0.25) is 0 Å². The van der Waals surface area contributed by atoms with Crippen LogP contribution in [0.3, 0.4) is 0 Å². The second-order valence-corrected chi connectivity index (χ2v) is 3.54. The maximum atomic E-state index is 4.41. The van der Waals surface area contributed by atoms with Crippen molar-refractivity contribution in [2.24, 2.45) is 0 Å². The number of hydrogen-bond acceptors (Lipinski definition) is 1. The number of rotatable bonds is 2. The molecule has 0 N–H and O–H groups in total. The van der Waals surface area contributed by atoms with Crippen molar-refractivity contribution < 1.29 is 0 Å². The van der Waals surface area contributed by atoms with Crippen molar-refractivity contribution in [3.63, 3.8) is 0 Å². The molecule has 14 heavy (non-hydrogen) atoms. The van der Waals surface area contributed by atoms with E-state index in [1.54, 1.807) is 0 Å². The Morgan fingerprint density at radius 3 is 2.64 bits per heavy atom. The van der Waals surface area contributed by atoms with Crippen LogP contribution in [0.15, 0.2) is 24.9 Å². The standard InChI is InChI=1S/C13H17N/c1-5-7-12-11(6-2)8-9-14-13(12)10(3)4/h5-10H,1H2,2-4H3/b11-6-,12-7+. The summed E-state index contributed by atoms with van der Waals surface area (Å²) < 4.78 is 0. The summed E-state index contributed by atoms with van der Waals surface area (Å²) in [6.45, 7) is 10.1. The summed E-state index contributed by atoms with van der Waals surface area (Å²) in [5, 5.41) is 2.42. The van der Waals surface area contributed by atoms with Gasteiger partial charge in [-0.2, -0.15) is 0 Å². The molecule has 0 aliphatic rings. The van der Waals surface area contributed by atoms with Crippen molar-refractivity contribution in [1.82, 2.24) is 4.98 Å². The predicted molar refractivity (Wildman–Crippen MR) is 62.4 cm³/mol. The lowest BCUT2D eigenvalue weighted by Crippen LogP contribution is -2.30. The molecular formula is C13H17N. The van der Waals surface area contributed by atoms with Crippen LogP contribution in [0.1, 0.15) is 32.4 Å². The molecule has 0 atom stereocenters. The van der Waals surface area contributed by atoms with Crippen LogP contribution in [0.25, 0.3) is 12.2 Å². The van der Waals surface area contributed by atoms with Gasteiger partial charge in [-0.1, -0.05) is 38.7 Å². The maximum Gasteiger partial charge on any atom is 0.0507 e. The largest absolute Gasteiger partial charge is 0.260 e. The SMILES string of the molecule is C=C/C=c1/c(C(C)C)ncc/c1=C/C. The lowest BCUT2D eigenvalue weighted by Gasteiger charge is -2.05. The Morgan fingerprint density at radius 2 is 2.14 bits per heavy atom. The molecule has 0 spiro atoms. The van der Waals surface area contributed by atoms with Gasteiger partial charge < -0.3 is 0 Å². The highest BCUT2D eigenvalue weighted by Crippen LogP contribution is 2.03. The van der Waals surface area contributed by atoms with Crippen molar-refractivity contribution in [1.29, 1.82) is 0 Å². The first-order chi connectivity index (χ1) is 6.70. The summed E-state index contributed by atoms with van der Waals surface area (Å²) in [6, 6.07) is 2.03. The first kappa shape index (κ1) is 10.7. The van der Waals surface area contributed by atoms with Gasteiger partial charge in [0.15, 0.2) is 0 Å². The summed E-state index contributed by atoms with van der Waals surface area (Å²) in [4.78, 5) is 4.41. The van der Waals surface area contributed by atoms with E-state index in [-0.39, 0.29) is 0 Å². The van der Waals surface area contributed by atoms with E-state index >= 15 is 0 Å². The van der Waals surface area contributed by atoms with Crippen molar-refractivity contribution >= 4 is 12.2 Å². The number of pyridine rings is 1. The van der Waals surface area contributed by atoms with E-state index in [0.717, 1.165) is 5.69 Å². The molecule has 0 bridgehead atoms. The third-order valence-corrected chi connectivity index (χ3v) is 2.20. The van der Waals surface area contributed by atoms with Crippen molar-refractivity contribution in [2.75, 3.05) is 0 Å². The summed E-state index contributed by atoms with van der Waals surface area (Å²) in [6.07, 6.45) is 7.81. The number of aromatic nitrogens is 1. The van der Waals surface area contributed by atoms with Gasteiger partial charge >= 0.3 is 0 Å². The Labute approximate surface area is 85.5 Å². The number of allylic oxidation sites excluding steroid dienone is 1. The van der Waals surface area contributed by atoms with Gasteiger partial charge in [0.25, 0.3) is 0 Å². The highest BCUT2D eigenvalue weighted by atomic mass is 14.7. The zero-order valence-corrected chi connectivity index (χ0v) is 9.12. The lowest BCUT2D eigenvalue weighted by atomic mass is 10.1. The first-order valence-electron chi connectivity index (χ1n) is 4.94. The summed E-state index contributed by atoms with van der Waals surface area (Å²) in [5.41, 5.74) is 1.14. The van der Waals surface area contributed by atoms with Gasteiger partial charge in [0, 0.05) is 11.4 Å². The Kier molecular flexibility index (Phi) is 3.63. The van der Waals surface area contributed by atoms with Crippen LogP contribution >= 0.6 is 0 Å². The van der Waals surface area contributed by atoms with Crippen molar-refractivity contribution in [3.8, 4) is 0 Å². The number of nitrogens with zero attached hydrogens (tertiary/aromatic N) is 1. The van der Waals surface area contributed by atoms with Gasteiger partial charge in [-0.15, -0.1) is 0 Å². The molecule has 0 fully saturated rings. The van der Waals surface area contributed by atoms with E-state index in [1.165, 1.54) is 10.4 Å². The van der Waals surface area contributed by atoms with E-state index in [4.69, 9.17) is 0 Å². The fraction of sp³-hybridized carbons (Fsp3) is 0.308. The Bertz CT molecular complexity index is 427. The Hall–Kier alpha value is -1.37. The normalized spacial score (nSPS) is 13.7. The molecule has 0 radical (unpaired) electrons. The van der Waals surface area contributed by atoms with Crippen molar-refractivity contribution in [3.05, 3.63) is 41.0 Å². The van der Waals surface area contributed by atoms with Gasteiger partial charge in [-0.3, -0.25) is 4.98 Å². The van der Waals surface area contributed by atoms with Gasteiger partial charge in [0.1, 0.15) is 0 Å². The van der Waals surface area contributed by atoms with E-state index in [0.29, 0.717) is 5.92 Å². The lowest BCUT2D eigenvalue weighted by molar-refractivity contribution is 0.811. The minimum atomic E-state index is 0.445. The molecule has 0 aliphatic carbocycles. The van der Waals surface area contributed by atoms with Crippen LogP contribution in [0.4, 0.5) is 0 Å². The Morgan fingerprint density at radius 1 is 1.43 bits per heavy atom. The molecule has 1 heteroatoms. The minimum absolute atomic E-state index is 0.445. The topological polar surface area (TPSA) is 12.9 Å². The van der Waals surface area contributed by atoms with Crippen LogP contribution in [-0.4, -0.2) is 4.98 Å². The molecule has 0 unspecified atom stereocenters. The molecule has 1 aromatic heterocycles. The first-order valence-corrected chi connectivity index (χ1v) is 4.94. The van der Waals surface area contributed by atoms with Gasteiger partial charge in [-0.05, 0) is 24.1 Å². The van der Waals surface area contributed by atoms with Gasteiger partial charge in [-0.25, -0.2) is 0 Å². The second kappa shape index (κ2) is 4.75. The van der Waals surface area contributed by atoms with Crippen LogP contribution in [0.5, 0.6) is 0 Å². The molecule has 0 saturated carbocycles. The minimum Gasteiger partial charge on any atom is -0.260 e. The number of hydrogen-bond donors (Lipinski definition) is 0. The molecule has 0 saturated heterocycles. The second-order valence-electron chi connectivity index (χ2n) is 3.54. The third-order valence-electron chi connectivity index (χ3n) is 2.20. The average molecular weight is 187 g/mol. The monoisotopic (exact) mass is 187 g/mol. The predicted octanol–water partition coefficient (Wildman–Crippen LogP) is 1.97. The smallest absolute Gasteiger partial charge is 0.0507 e. The van der Waals surface area contributed by atoms with E-state index in [2.05, 4.69) is 31.5 Å². The summed E-state index contributed by atoms with van der Waals surface area (Å²) in [7, 11) is 0.